The average molecular weight is 396 g/mol. The molecule has 2 aromatic heterocycles. The van der Waals surface area contributed by atoms with Gasteiger partial charge in [-0.3, -0.25) is 9.69 Å². The number of nitrogens with one attached hydrogen (secondary N) is 1. The zero-order chi connectivity index (χ0) is 18.4. The maximum atomic E-state index is 13.3. The van der Waals surface area contributed by atoms with Crippen molar-refractivity contribution in [2.45, 2.75) is 31.3 Å². The smallest absolute Gasteiger partial charge is 0.319 e. The van der Waals surface area contributed by atoms with Gasteiger partial charge in [0.15, 0.2) is 0 Å². The number of urea groups is 1. The largest absolute Gasteiger partial charge is 0.325 e. The van der Waals surface area contributed by atoms with E-state index >= 15 is 0 Å². The maximum absolute atomic E-state index is 13.3. The number of nitrogens with zero attached hydrogens (tertiary/aromatic N) is 2. The summed E-state index contributed by atoms with van der Waals surface area (Å²) in [5.74, 6) is -0.152. The van der Waals surface area contributed by atoms with Gasteiger partial charge in [0, 0.05) is 21.4 Å². The number of aryl methyl sites for hydroxylation is 1. The topological polar surface area (TPSA) is 62.3 Å². The first-order valence-electron chi connectivity index (χ1n) is 8.88. The lowest BCUT2D eigenvalue weighted by atomic mass is 9.80. The Morgan fingerprint density at radius 2 is 2.00 bits per heavy atom. The quantitative estimate of drug-likeness (QED) is 0.678. The first-order chi connectivity index (χ1) is 13.2. The van der Waals surface area contributed by atoms with Gasteiger partial charge >= 0.3 is 6.03 Å². The minimum Gasteiger partial charge on any atom is -0.319 e. The molecule has 1 atom stereocenters. The SMILES string of the molecule is O=C1N[C@@]2(CCCc3sccc32)C(=O)N1Cc1csc(-c2ccccc2)n1. The van der Waals surface area contributed by atoms with Gasteiger partial charge in [-0.15, -0.1) is 22.7 Å². The van der Waals surface area contributed by atoms with Crippen molar-refractivity contribution in [3.8, 4) is 10.6 Å². The van der Waals surface area contributed by atoms with E-state index in [1.807, 2.05) is 47.2 Å². The van der Waals surface area contributed by atoms with Crippen LogP contribution in [0.15, 0.2) is 47.2 Å². The lowest BCUT2D eigenvalue weighted by Crippen LogP contribution is -2.46. The van der Waals surface area contributed by atoms with Gasteiger partial charge in [-0.25, -0.2) is 9.78 Å². The van der Waals surface area contributed by atoms with Gasteiger partial charge in [0.25, 0.3) is 5.91 Å². The van der Waals surface area contributed by atoms with Crippen LogP contribution < -0.4 is 5.32 Å². The fourth-order valence-corrected chi connectivity index (χ4v) is 5.76. The molecule has 5 rings (SSSR count). The van der Waals surface area contributed by atoms with E-state index in [-0.39, 0.29) is 18.5 Å². The van der Waals surface area contributed by atoms with Crippen molar-refractivity contribution in [2.24, 2.45) is 0 Å². The number of amides is 3. The standard InChI is InChI=1S/C20H17N3O2S2/c24-18-20(9-4-7-16-15(20)8-10-26-16)22-19(25)23(18)11-14-12-27-17(21-14)13-5-2-1-3-6-13/h1-3,5-6,8,10,12H,4,7,9,11H2,(H,22,25)/t20-/m1/s1. The van der Waals surface area contributed by atoms with Crippen LogP contribution in [0.4, 0.5) is 4.79 Å². The van der Waals surface area contributed by atoms with Gasteiger partial charge in [-0.05, 0) is 30.7 Å². The highest BCUT2D eigenvalue weighted by Crippen LogP contribution is 2.42. The van der Waals surface area contributed by atoms with Crippen molar-refractivity contribution < 1.29 is 9.59 Å². The molecule has 1 aliphatic heterocycles. The van der Waals surface area contributed by atoms with Crippen LogP contribution in [0.25, 0.3) is 10.6 Å². The second-order valence-electron chi connectivity index (χ2n) is 6.85. The Balaban J connectivity index is 1.42. The van der Waals surface area contributed by atoms with Gasteiger partial charge in [0.05, 0.1) is 12.2 Å². The van der Waals surface area contributed by atoms with Crippen molar-refractivity contribution in [2.75, 3.05) is 0 Å². The second-order valence-corrected chi connectivity index (χ2v) is 8.71. The molecule has 2 aliphatic rings. The molecule has 0 saturated carbocycles. The number of hydrogen-bond donors (Lipinski definition) is 1. The van der Waals surface area contributed by atoms with E-state index in [0.717, 1.165) is 34.7 Å². The first-order valence-corrected chi connectivity index (χ1v) is 10.6. The fourth-order valence-electron chi connectivity index (χ4n) is 3.94. The molecule has 0 unspecified atom stereocenters. The van der Waals surface area contributed by atoms with Crippen LogP contribution >= 0.6 is 22.7 Å². The van der Waals surface area contributed by atoms with Crippen LogP contribution in [0.2, 0.25) is 0 Å². The number of imide groups is 1. The van der Waals surface area contributed by atoms with Crippen molar-refractivity contribution in [3.63, 3.8) is 0 Å². The summed E-state index contributed by atoms with van der Waals surface area (Å²) in [6, 6.07) is 11.6. The zero-order valence-electron chi connectivity index (χ0n) is 14.5. The van der Waals surface area contributed by atoms with Crippen LogP contribution in [-0.2, 0) is 23.3 Å². The molecule has 1 saturated heterocycles. The predicted octanol–water partition coefficient (Wildman–Crippen LogP) is 4.16. The van der Waals surface area contributed by atoms with Crippen LogP contribution in [0, 0.1) is 0 Å². The fraction of sp³-hybridized carbons (Fsp3) is 0.250. The molecular formula is C20H17N3O2S2. The summed E-state index contributed by atoms with van der Waals surface area (Å²) in [6.07, 6.45) is 2.54. The van der Waals surface area contributed by atoms with Crippen LogP contribution in [0.3, 0.4) is 0 Å². The maximum Gasteiger partial charge on any atom is 0.325 e. The lowest BCUT2D eigenvalue weighted by Gasteiger charge is -2.31. The van der Waals surface area contributed by atoms with Crippen LogP contribution in [0.5, 0.6) is 0 Å². The van der Waals surface area contributed by atoms with Crippen molar-refractivity contribution >= 4 is 34.6 Å². The van der Waals surface area contributed by atoms with Gasteiger partial charge in [-0.2, -0.15) is 0 Å². The van der Waals surface area contributed by atoms with Gasteiger partial charge in [0.1, 0.15) is 10.5 Å². The molecule has 0 bridgehead atoms. The molecule has 1 N–H and O–H groups in total. The van der Waals surface area contributed by atoms with Crippen molar-refractivity contribution in [1.29, 1.82) is 0 Å². The number of hydrogen-bond acceptors (Lipinski definition) is 5. The Morgan fingerprint density at radius 1 is 1.15 bits per heavy atom. The van der Waals surface area contributed by atoms with Gasteiger partial charge in [-0.1, -0.05) is 30.3 Å². The normalized spacial score (nSPS) is 21.6. The van der Waals surface area contributed by atoms with E-state index in [4.69, 9.17) is 0 Å². The number of aromatic nitrogens is 1. The summed E-state index contributed by atoms with van der Waals surface area (Å²) in [5.41, 5.74) is 1.87. The lowest BCUT2D eigenvalue weighted by molar-refractivity contribution is -0.132. The first kappa shape index (κ1) is 16.6. The zero-order valence-corrected chi connectivity index (χ0v) is 16.1. The summed E-state index contributed by atoms with van der Waals surface area (Å²) in [5, 5.41) is 7.81. The Labute approximate surface area is 164 Å². The third kappa shape index (κ3) is 2.61. The number of benzene rings is 1. The van der Waals surface area contributed by atoms with Gasteiger partial charge in [0.2, 0.25) is 0 Å². The van der Waals surface area contributed by atoms with Crippen molar-refractivity contribution in [1.82, 2.24) is 15.2 Å². The molecule has 1 aromatic carbocycles. The Bertz CT molecular complexity index is 1030. The van der Waals surface area contributed by atoms with E-state index in [0.29, 0.717) is 6.42 Å². The average Bonchev–Trinajstić information content (AvgIpc) is 3.40. The van der Waals surface area contributed by atoms with Crippen molar-refractivity contribution in [3.05, 3.63) is 63.3 Å². The molecule has 3 amide bonds. The number of carbonyl (C=O) groups excluding carboxylic acids is 2. The molecule has 136 valence electrons. The third-order valence-electron chi connectivity index (χ3n) is 5.23. The third-order valence-corrected chi connectivity index (χ3v) is 7.15. The molecule has 3 aromatic rings. The molecule has 0 radical (unpaired) electrons. The second kappa shape index (κ2) is 6.28. The van der Waals surface area contributed by atoms with E-state index in [1.54, 1.807) is 11.3 Å². The molecular weight excluding hydrogens is 378 g/mol. The molecule has 7 heteroatoms. The number of carbonyl (C=O) groups is 2. The monoisotopic (exact) mass is 395 g/mol. The van der Waals surface area contributed by atoms with E-state index < -0.39 is 5.54 Å². The number of rotatable bonds is 3. The summed E-state index contributed by atoms with van der Waals surface area (Å²) in [4.78, 5) is 33.1. The summed E-state index contributed by atoms with van der Waals surface area (Å²) >= 11 is 3.19. The van der Waals surface area contributed by atoms with E-state index in [1.165, 1.54) is 21.1 Å². The highest BCUT2D eigenvalue weighted by atomic mass is 32.1. The summed E-state index contributed by atoms with van der Waals surface area (Å²) < 4.78 is 0. The van der Waals surface area contributed by atoms with Gasteiger partial charge < -0.3 is 5.32 Å². The minimum atomic E-state index is -0.886. The molecule has 5 nitrogen and oxygen atoms in total. The Hall–Kier alpha value is -2.51. The highest BCUT2D eigenvalue weighted by Gasteiger charge is 2.54. The van der Waals surface area contributed by atoms with E-state index in [9.17, 15) is 9.59 Å². The minimum absolute atomic E-state index is 0.152. The number of thiophene rings is 1. The molecule has 1 fully saturated rings. The van der Waals surface area contributed by atoms with Crippen LogP contribution in [0.1, 0.15) is 29.0 Å². The number of thiazole rings is 1. The Morgan fingerprint density at radius 3 is 2.85 bits per heavy atom. The highest BCUT2D eigenvalue weighted by molar-refractivity contribution is 7.13. The summed E-state index contributed by atoms with van der Waals surface area (Å²) in [6.45, 7) is 0.204. The molecule has 1 spiro atoms. The molecule has 3 heterocycles. The van der Waals surface area contributed by atoms with E-state index in [2.05, 4.69) is 10.3 Å². The predicted molar refractivity (Wildman–Crippen MR) is 106 cm³/mol. The molecule has 1 aliphatic carbocycles. The Kier molecular flexibility index (Phi) is 3.87. The summed E-state index contributed by atoms with van der Waals surface area (Å²) in [7, 11) is 0. The number of fused-ring (bicyclic) bond motifs is 2. The van der Waals surface area contributed by atoms with Crippen LogP contribution in [-0.4, -0.2) is 21.8 Å². The molecule has 27 heavy (non-hydrogen) atoms.